The van der Waals surface area contributed by atoms with Gasteiger partial charge in [-0.2, -0.15) is 0 Å². The van der Waals surface area contributed by atoms with Gasteiger partial charge in [-0.3, -0.25) is 0 Å². The van der Waals surface area contributed by atoms with Crippen LogP contribution < -0.4 is 0 Å². The minimum absolute atomic E-state index is 0.124. The molecule has 2 aromatic rings. The van der Waals surface area contributed by atoms with Gasteiger partial charge in [0.05, 0.1) is 12.3 Å². The molecular weight excluding hydrogens is 216 g/mol. The van der Waals surface area contributed by atoms with Crippen LogP contribution in [0, 0.1) is 11.6 Å². The van der Waals surface area contributed by atoms with E-state index in [9.17, 15) is 8.78 Å². The summed E-state index contributed by atoms with van der Waals surface area (Å²) in [4.78, 5) is 0. The van der Waals surface area contributed by atoms with Crippen molar-refractivity contribution in [3.63, 3.8) is 0 Å². The van der Waals surface area contributed by atoms with Gasteiger partial charge in [-0.15, -0.1) is 5.10 Å². The van der Waals surface area contributed by atoms with Crippen LogP contribution in [0.5, 0.6) is 0 Å². The SMILES string of the molecule is Cn1nnc(-c2ccc(F)cc2F)c1CO. The van der Waals surface area contributed by atoms with Gasteiger partial charge < -0.3 is 5.11 Å². The monoisotopic (exact) mass is 225 g/mol. The number of nitrogens with zero attached hydrogens (tertiary/aromatic N) is 3. The molecule has 4 nitrogen and oxygen atoms in total. The van der Waals surface area contributed by atoms with E-state index in [2.05, 4.69) is 10.3 Å². The van der Waals surface area contributed by atoms with Crippen LogP contribution in [0.15, 0.2) is 18.2 Å². The van der Waals surface area contributed by atoms with E-state index >= 15 is 0 Å². The number of aliphatic hydroxyl groups is 1. The Balaban J connectivity index is 2.58. The van der Waals surface area contributed by atoms with Crippen molar-refractivity contribution < 1.29 is 13.9 Å². The maximum absolute atomic E-state index is 13.5. The van der Waals surface area contributed by atoms with Gasteiger partial charge in [-0.05, 0) is 12.1 Å². The number of hydrogen-bond donors (Lipinski definition) is 1. The lowest BCUT2D eigenvalue weighted by molar-refractivity contribution is 0.271. The Morgan fingerprint density at radius 2 is 2.12 bits per heavy atom. The molecule has 0 atom stereocenters. The van der Waals surface area contributed by atoms with E-state index in [4.69, 9.17) is 5.11 Å². The average molecular weight is 225 g/mol. The van der Waals surface area contributed by atoms with E-state index in [-0.39, 0.29) is 17.9 Å². The first kappa shape index (κ1) is 10.7. The Morgan fingerprint density at radius 1 is 1.38 bits per heavy atom. The third-order valence-corrected chi connectivity index (χ3v) is 2.28. The molecule has 0 bridgehead atoms. The van der Waals surface area contributed by atoms with Gasteiger partial charge in [0.25, 0.3) is 0 Å². The van der Waals surface area contributed by atoms with Crippen LogP contribution in [-0.4, -0.2) is 20.1 Å². The summed E-state index contributed by atoms with van der Waals surface area (Å²) >= 11 is 0. The first-order chi connectivity index (χ1) is 7.63. The summed E-state index contributed by atoms with van der Waals surface area (Å²) in [5.41, 5.74) is 0.728. The molecule has 1 N–H and O–H groups in total. The second kappa shape index (κ2) is 3.97. The summed E-state index contributed by atoms with van der Waals surface area (Å²) < 4.78 is 27.5. The molecule has 16 heavy (non-hydrogen) atoms. The first-order valence-electron chi connectivity index (χ1n) is 4.58. The molecule has 1 aromatic heterocycles. The highest BCUT2D eigenvalue weighted by Crippen LogP contribution is 2.24. The van der Waals surface area contributed by atoms with Crippen molar-refractivity contribution in [3.8, 4) is 11.3 Å². The van der Waals surface area contributed by atoms with E-state index in [0.717, 1.165) is 12.1 Å². The summed E-state index contributed by atoms with van der Waals surface area (Å²) in [6.07, 6.45) is 0. The fourth-order valence-corrected chi connectivity index (χ4v) is 1.44. The number of hydrogen-bond acceptors (Lipinski definition) is 3. The van der Waals surface area contributed by atoms with Gasteiger partial charge in [0, 0.05) is 18.7 Å². The highest BCUT2D eigenvalue weighted by Gasteiger charge is 2.15. The predicted molar refractivity (Wildman–Crippen MR) is 52.3 cm³/mol. The Bertz CT molecular complexity index is 525. The fraction of sp³-hybridized carbons (Fsp3) is 0.200. The van der Waals surface area contributed by atoms with Gasteiger partial charge in [-0.25, -0.2) is 13.5 Å². The van der Waals surface area contributed by atoms with E-state index in [1.807, 2.05) is 0 Å². The van der Waals surface area contributed by atoms with Gasteiger partial charge in [0.1, 0.15) is 17.3 Å². The van der Waals surface area contributed by atoms with E-state index in [1.54, 1.807) is 7.05 Å². The number of rotatable bonds is 2. The van der Waals surface area contributed by atoms with Crippen molar-refractivity contribution in [3.05, 3.63) is 35.5 Å². The molecule has 0 saturated carbocycles. The smallest absolute Gasteiger partial charge is 0.135 e. The van der Waals surface area contributed by atoms with Crippen molar-refractivity contribution in [2.24, 2.45) is 7.05 Å². The molecule has 0 aliphatic rings. The Kier molecular flexibility index (Phi) is 2.66. The highest BCUT2D eigenvalue weighted by molar-refractivity contribution is 5.61. The number of halogens is 2. The van der Waals surface area contributed by atoms with Crippen LogP contribution >= 0.6 is 0 Å². The number of benzene rings is 1. The van der Waals surface area contributed by atoms with Gasteiger partial charge >= 0.3 is 0 Å². The summed E-state index contributed by atoms with van der Waals surface area (Å²) in [5.74, 6) is -1.38. The Morgan fingerprint density at radius 3 is 2.75 bits per heavy atom. The minimum Gasteiger partial charge on any atom is -0.390 e. The lowest BCUT2D eigenvalue weighted by Gasteiger charge is -2.02. The molecular formula is C10H9F2N3O. The van der Waals surface area contributed by atoms with E-state index in [0.29, 0.717) is 5.69 Å². The molecule has 0 unspecified atom stereocenters. The zero-order valence-corrected chi connectivity index (χ0v) is 8.48. The largest absolute Gasteiger partial charge is 0.390 e. The molecule has 0 radical (unpaired) electrons. The summed E-state index contributed by atoms with van der Waals surface area (Å²) in [6, 6.07) is 3.17. The lowest BCUT2D eigenvalue weighted by atomic mass is 10.1. The Hall–Kier alpha value is -1.82. The third kappa shape index (κ3) is 1.67. The molecule has 0 amide bonds. The Labute approximate surface area is 90.1 Å². The van der Waals surface area contributed by atoms with E-state index in [1.165, 1.54) is 10.7 Å². The van der Waals surface area contributed by atoms with Crippen LogP contribution in [0.1, 0.15) is 5.69 Å². The van der Waals surface area contributed by atoms with Crippen LogP contribution in [0.2, 0.25) is 0 Å². The zero-order chi connectivity index (χ0) is 11.7. The lowest BCUT2D eigenvalue weighted by Crippen LogP contribution is -1.99. The minimum atomic E-state index is -0.727. The third-order valence-electron chi connectivity index (χ3n) is 2.28. The number of aliphatic hydroxyl groups excluding tert-OH is 1. The standard InChI is InChI=1S/C10H9F2N3O/c1-15-9(5-16)10(13-14-15)7-3-2-6(11)4-8(7)12/h2-4,16H,5H2,1H3. The molecule has 2 rings (SSSR count). The predicted octanol–water partition coefficient (Wildman–Crippen LogP) is 1.25. The maximum Gasteiger partial charge on any atom is 0.135 e. The maximum atomic E-state index is 13.5. The molecule has 84 valence electrons. The summed E-state index contributed by atoms with van der Waals surface area (Å²) in [5, 5.41) is 16.5. The van der Waals surface area contributed by atoms with Gasteiger partial charge in [0.15, 0.2) is 0 Å². The molecule has 6 heteroatoms. The summed E-state index contributed by atoms with van der Waals surface area (Å²) in [7, 11) is 1.59. The molecule has 0 saturated heterocycles. The zero-order valence-electron chi connectivity index (χ0n) is 8.48. The summed E-state index contributed by atoms with van der Waals surface area (Å²) in [6.45, 7) is -0.310. The quantitative estimate of drug-likeness (QED) is 0.836. The van der Waals surface area contributed by atoms with Gasteiger partial charge in [0.2, 0.25) is 0 Å². The second-order valence-electron chi connectivity index (χ2n) is 3.29. The van der Waals surface area contributed by atoms with Crippen molar-refractivity contribution in [1.29, 1.82) is 0 Å². The van der Waals surface area contributed by atoms with Crippen molar-refractivity contribution in [1.82, 2.24) is 15.0 Å². The van der Waals surface area contributed by atoms with Crippen molar-refractivity contribution >= 4 is 0 Å². The van der Waals surface area contributed by atoms with Crippen LogP contribution in [0.4, 0.5) is 8.78 Å². The van der Waals surface area contributed by atoms with Crippen molar-refractivity contribution in [2.45, 2.75) is 6.61 Å². The van der Waals surface area contributed by atoms with Crippen molar-refractivity contribution in [2.75, 3.05) is 0 Å². The topological polar surface area (TPSA) is 50.9 Å². The average Bonchev–Trinajstić information content (AvgIpc) is 2.59. The molecule has 1 heterocycles. The normalized spacial score (nSPS) is 10.8. The molecule has 0 aliphatic carbocycles. The second-order valence-corrected chi connectivity index (χ2v) is 3.29. The van der Waals surface area contributed by atoms with E-state index < -0.39 is 11.6 Å². The number of aryl methyl sites for hydroxylation is 1. The van der Waals surface area contributed by atoms with Gasteiger partial charge in [-0.1, -0.05) is 5.21 Å². The first-order valence-corrected chi connectivity index (χ1v) is 4.58. The molecule has 0 aliphatic heterocycles. The van der Waals surface area contributed by atoms with Crippen LogP contribution in [0.25, 0.3) is 11.3 Å². The number of aromatic nitrogens is 3. The van der Waals surface area contributed by atoms with Crippen LogP contribution in [-0.2, 0) is 13.7 Å². The van der Waals surface area contributed by atoms with Crippen LogP contribution in [0.3, 0.4) is 0 Å². The highest BCUT2D eigenvalue weighted by atomic mass is 19.1. The fourth-order valence-electron chi connectivity index (χ4n) is 1.44. The molecule has 0 spiro atoms. The molecule has 1 aromatic carbocycles. The molecule has 0 fully saturated rings.